The molecule has 0 aromatic heterocycles. The second-order valence-corrected chi connectivity index (χ2v) is 3.66. The van der Waals surface area contributed by atoms with Gasteiger partial charge in [-0.1, -0.05) is 17.7 Å². The van der Waals surface area contributed by atoms with Crippen LogP contribution >= 0.6 is 11.6 Å². The standard InChI is InChI=1S/C12H8ClF2N/c13-8-4-6-9(7-5-8)16-12-10(14)2-1-3-11(12)15/h1-7,16H. The van der Waals surface area contributed by atoms with Crippen molar-refractivity contribution in [2.45, 2.75) is 0 Å². The topological polar surface area (TPSA) is 12.0 Å². The predicted octanol–water partition coefficient (Wildman–Crippen LogP) is 4.36. The summed E-state index contributed by atoms with van der Waals surface area (Å²) >= 11 is 5.70. The zero-order valence-corrected chi connectivity index (χ0v) is 8.93. The van der Waals surface area contributed by atoms with Gasteiger partial charge in [0.1, 0.15) is 17.3 Å². The molecule has 1 N–H and O–H groups in total. The van der Waals surface area contributed by atoms with E-state index in [1.165, 1.54) is 18.2 Å². The van der Waals surface area contributed by atoms with Gasteiger partial charge in [0.05, 0.1) is 0 Å². The van der Waals surface area contributed by atoms with Gasteiger partial charge in [0.25, 0.3) is 0 Å². The predicted molar refractivity (Wildman–Crippen MR) is 61.1 cm³/mol. The normalized spacial score (nSPS) is 10.2. The number of halogens is 3. The van der Waals surface area contributed by atoms with Gasteiger partial charge < -0.3 is 5.32 Å². The largest absolute Gasteiger partial charge is 0.351 e. The van der Waals surface area contributed by atoms with Crippen LogP contribution in [0.1, 0.15) is 0 Å². The fourth-order valence-electron chi connectivity index (χ4n) is 1.29. The zero-order chi connectivity index (χ0) is 11.5. The first-order chi connectivity index (χ1) is 7.66. The maximum Gasteiger partial charge on any atom is 0.149 e. The maximum atomic E-state index is 13.3. The van der Waals surface area contributed by atoms with Gasteiger partial charge in [0.15, 0.2) is 0 Å². The third-order valence-corrected chi connectivity index (χ3v) is 2.33. The van der Waals surface area contributed by atoms with Crippen LogP contribution in [0, 0.1) is 11.6 Å². The van der Waals surface area contributed by atoms with Crippen LogP contribution in [0.25, 0.3) is 0 Å². The molecule has 0 aliphatic rings. The van der Waals surface area contributed by atoms with Crippen molar-refractivity contribution in [1.29, 1.82) is 0 Å². The van der Waals surface area contributed by atoms with Gasteiger partial charge in [-0.3, -0.25) is 0 Å². The first-order valence-corrected chi connectivity index (χ1v) is 5.01. The molecule has 0 fully saturated rings. The summed E-state index contributed by atoms with van der Waals surface area (Å²) in [4.78, 5) is 0. The number of anilines is 2. The van der Waals surface area contributed by atoms with Crippen molar-refractivity contribution in [3.63, 3.8) is 0 Å². The molecule has 0 saturated heterocycles. The van der Waals surface area contributed by atoms with E-state index >= 15 is 0 Å². The summed E-state index contributed by atoms with van der Waals surface area (Å²) in [6, 6.07) is 10.3. The van der Waals surface area contributed by atoms with Gasteiger partial charge in [-0.2, -0.15) is 0 Å². The summed E-state index contributed by atoms with van der Waals surface area (Å²) in [6.45, 7) is 0. The van der Waals surface area contributed by atoms with E-state index in [0.717, 1.165) is 0 Å². The van der Waals surface area contributed by atoms with Crippen molar-refractivity contribution in [2.75, 3.05) is 5.32 Å². The van der Waals surface area contributed by atoms with Crippen molar-refractivity contribution in [1.82, 2.24) is 0 Å². The number of benzene rings is 2. The molecule has 82 valence electrons. The van der Waals surface area contributed by atoms with Crippen LogP contribution in [0.5, 0.6) is 0 Å². The Bertz CT molecular complexity index is 477. The number of hydrogen-bond donors (Lipinski definition) is 1. The van der Waals surface area contributed by atoms with Crippen molar-refractivity contribution in [3.05, 3.63) is 59.1 Å². The summed E-state index contributed by atoms with van der Waals surface area (Å²) < 4.78 is 26.6. The number of hydrogen-bond acceptors (Lipinski definition) is 1. The lowest BCUT2D eigenvalue weighted by Gasteiger charge is -2.08. The Balaban J connectivity index is 2.30. The lowest BCUT2D eigenvalue weighted by atomic mass is 10.2. The molecule has 0 radical (unpaired) electrons. The van der Waals surface area contributed by atoms with E-state index in [1.807, 2.05) is 0 Å². The van der Waals surface area contributed by atoms with Crippen LogP contribution in [0.2, 0.25) is 5.02 Å². The van der Waals surface area contributed by atoms with Crippen molar-refractivity contribution in [3.8, 4) is 0 Å². The second kappa shape index (κ2) is 4.49. The Labute approximate surface area is 96.7 Å². The molecule has 0 spiro atoms. The molecule has 4 heteroatoms. The van der Waals surface area contributed by atoms with E-state index in [1.54, 1.807) is 24.3 Å². The SMILES string of the molecule is Fc1cccc(F)c1Nc1ccc(Cl)cc1. The fourth-order valence-corrected chi connectivity index (χ4v) is 1.42. The number of para-hydroxylation sites is 1. The highest BCUT2D eigenvalue weighted by molar-refractivity contribution is 6.30. The molecule has 0 aliphatic heterocycles. The Kier molecular flexibility index (Phi) is 3.06. The number of rotatable bonds is 2. The molecule has 0 heterocycles. The summed E-state index contributed by atoms with van der Waals surface area (Å²) in [6.07, 6.45) is 0. The minimum Gasteiger partial charge on any atom is -0.351 e. The molecule has 2 rings (SSSR count). The maximum absolute atomic E-state index is 13.3. The highest BCUT2D eigenvalue weighted by Gasteiger charge is 2.07. The first-order valence-electron chi connectivity index (χ1n) is 4.63. The van der Waals surface area contributed by atoms with Gasteiger partial charge in [0, 0.05) is 10.7 Å². The minimum atomic E-state index is -0.630. The van der Waals surface area contributed by atoms with E-state index in [-0.39, 0.29) is 5.69 Å². The van der Waals surface area contributed by atoms with Crippen LogP contribution in [-0.2, 0) is 0 Å². The molecule has 0 bridgehead atoms. The molecule has 0 amide bonds. The van der Waals surface area contributed by atoms with E-state index in [4.69, 9.17) is 11.6 Å². The molecular formula is C12H8ClF2N. The van der Waals surface area contributed by atoms with Gasteiger partial charge in [-0.05, 0) is 36.4 Å². The van der Waals surface area contributed by atoms with Crippen LogP contribution in [0.4, 0.5) is 20.2 Å². The van der Waals surface area contributed by atoms with Gasteiger partial charge in [-0.25, -0.2) is 8.78 Å². The third-order valence-electron chi connectivity index (χ3n) is 2.08. The quantitative estimate of drug-likeness (QED) is 0.821. The molecule has 0 atom stereocenters. The average molecular weight is 240 g/mol. The molecular weight excluding hydrogens is 232 g/mol. The monoisotopic (exact) mass is 239 g/mol. The molecule has 0 saturated carbocycles. The zero-order valence-electron chi connectivity index (χ0n) is 8.18. The number of nitrogens with one attached hydrogen (secondary N) is 1. The fraction of sp³-hybridized carbons (Fsp3) is 0. The lowest BCUT2D eigenvalue weighted by molar-refractivity contribution is 0.591. The summed E-state index contributed by atoms with van der Waals surface area (Å²) in [5.41, 5.74) is 0.415. The second-order valence-electron chi connectivity index (χ2n) is 3.23. The first kappa shape index (κ1) is 10.9. The Morgan fingerprint density at radius 3 is 2.00 bits per heavy atom. The molecule has 0 unspecified atom stereocenters. The van der Waals surface area contributed by atoms with Crippen LogP contribution in [0.15, 0.2) is 42.5 Å². The van der Waals surface area contributed by atoms with E-state index < -0.39 is 11.6 Å². The van der Waals surface area contributed by atoms with E-state index in [9.17, 15) is 8.78 Å². The van der Waals surface area contributed by atoms with Crippen molar-refractivity contribution >= 4 is 23.0 Å². The molecule has 1 nitrogen and oxygen atoms in total. The molecule has 0 aliphatic carbocycles. The summed E-state index contributed by atoms with van der Waals surface area (Å²) in [5, 5.41) is 3.23. The smallest absolute Gasteiger partial charge is 0.149 e. The lowest BCUT2D eigenvalue weighted by Crippen LogP contribution is -1.96. The van der Waals surface area contributed by atoms with E-state index in [0.29, 0.717) is 10.7 Å². The highest BCUT2D eigenvalue weighted by atomic mass is 35.5. The third kappa shape index (κ3) is 2.31. The molecule has 2 aromatic carbocycles. The van der Waals surface area contributed by atoms with Crippen molar-refractivity contribution in [2.24, 2.45) is 0 Å². The van der Waals surface area contributed by atoms with Crippen LogP contribution < -0.4 is 5.32 Å². The summed E-state index contributed by atoms with van der Waals surface area (Å²) in [5.74, 6) is -1.26. The van der Waals surface area contributed by atoms with E-state index in [2.05, 4.69) is 5.32 Å². The molecule has 2 aromatic rings. The van der Waals surface area contributed by atoms with Gasteiger partial charge in [-0.15, -0.1) is 0 Å². The Morgan fingerprint density at radius 2 is 1.44 bits per heavy atom. The summed E-state index contributed by atoms with van der Waals surface area (Å²) in [7, 11) is 0. The van der Waals surface area contributed by atoms with Crippen LogP contribution in [-0.4, -0.2) is 0 Å². The molecule has 16 heavy (non-hydrogen) atoms. The van der Waals surface area contributed by atoms with Crippen LogP contribution in [0.3, 0.4) is 0 Å². The minimum absolute atomic E-state index is 0.162. The van der Waals surface area contributed by atoms with Gasteiger partial charge in [0.2, 0.25) is 0 Å². The Hall–Kier alpha value is -1.61. The Morgan fingerprint density at radius 1 is 0.875 bits per heavy atom. The highest BCUT2D eigenvalue weighted by Crippen LogP contribution is 2.23. The van der Waals surface area contributed by atoms with Crippen molar-refractivity contribution < 1.29 is 8.78 Å². The van der Waals surface area contributed by atoms with Gasteiger partial charge >= 0.3 is 0 Å². The average Bonchev–Trinajstić information content (AvgIpc) is 2.26.